The summed E-state index contributed by atoms with van der Waals surface area (Å²) in [5, 5.41) is 10.2. The first-order chi connectivity index (χ1) is 12.5. The first kappa shape index (κ1) is 17.3. The van der Waals surface area contributed by atoms with Crippen LogP contribution in [0.2, 0.25) is 5.02 Å². The molecule has 0 fully saturated rings. The summed E-state index contributed by atoms with van der Waals surface area (Å²) < 4.78 is 11.4. The van der Waals surface area contributed by atoms with Crippen molar-refractivity contribution in [3.8, 4) is 5.75 Å². The van der Waals surface area contributed by atoms with E-state index < -0.39 is 7.58 Å². The maximum Gasteiger partial charge on any atom is 0.326 e. The number of halogens is 1. The zero-order valence-electron chi connectivity index (χ0n) is 14.7. The molecule has 134 valence electrons. The Balaban J connectivity index is 1.80. The number of hydrogen-bond donors (Lipinski definition) is 2. The second kappa shape index (κ2) is 6.86. The van der Waals surface area contributed by atoms with Crippen LogP contribution in [0, 0.1) is 5.92 Å². The van der Waals surface area contributed by atoms with Gasteiger partial charge in [-0.15, -0.1) is 0 Å². The van der Waals surface area contributed by atoms with E-state index in [1.54, 1.807) is 0 Å². The van der Waals surface area contributed by atoms with Crippen LogP contribution in [0.4, 0.5) is 11.4 Å². The predicted molar refractivity (Wildman–Crippen MR) is 112 cm³/mol. The van der Waals surface area contributed by atoms with Crippen LogP contribution in [-0.2, 0) is 0 Å². The molecule has 6 heteroatoms. The number of nitrogens with one attached hydrogen (secondary N) is 2. The third-order valence-corrected chi connectivity index (χ3v) is 6.52. The Morgan fingerprint density at radius 3 is 2.15 bits per heavy atom. The summed E-state index contributed by atoms with van der Waals surface area (Å²) in [6.07, 6.45) is 0. The van der Waals surface area contributed by atoms with Gasteiger partial charge < -0.3 is 14.7 Å². The molecule has 1 aliphatic heterocycles. The van der Waals surface area contributed by atoms with Crippen molar-refractivity contribution < 1.29 is 4.52 Å². The molecule has 0 amide bonds. The minimum Gasteiger partial charge on any atom is -0.428 e. The number of anilines is 2. The van der Waals surface area contributed by atoms with Gasteiger partial charge in [-0.1, -0.05) is 49.7 Å². The van der Waals surface area contributed by atoms with Gasteiger partial charge >= 0.3 is 7.58 Å². The van der Waals surface area contributed by atoms with E-state index in [4.69, 9.17) is 20.9 Å². The molecule has 0 aromatic heterocycles. The second-order valence-corrected chi connectivity index (χ2v) is 9.27. The average Bonchev–Trinajstić information content (AvgIpc) is 2.63. The molecule has 0 unspecified atom stereocenters. The van der Waals surface area contributed by atoms with Crippen molar-refractivity contribution >= 4 is 41.3 Å². The van der Waals surface area contributed by atoms with Crippen LogP contribution in [0.3, 0.4) is 0 Å². The summed E-state index contributed by atoms with van der Waals surface area (Å²) in [5.41, 5.74) is 2.10. The van der Waals surface area contributed by atoms with E-state index >= 15 is 0 Å². The van der Waals surface area contributed by atoms with Crippen LogP contribution in [0.25, 0.3) is 10.8 Å². The Morgan fingerprint density at radius 2 is 1.58 bits per heavy atom. The first-order valence-electron chi connectivity index (χ1n) is 8.66. The van der Waals surface area contributed by atoms with Crippen molar-refractivity contribution in [2.24, 2.45) is 10.7 Å². The molecular formula is C20H21ClN3OP. The fourth-order valence-corrected chi connectivity index (χ4v) is 5.43. The van der Waals surface area contributed by atoms with Crippen molar-refractivity contribution in [2.45, 2.75) is 13.8 Å². The van der Waals surface area contributed by atoms with E-state index in [0.29, 0.717) is 17.5 Å². The Hall–Kier alpha value is -2.16. The SMILES string of the molecule is CC(C)CN=P1(Oc2ccc(Cl)cc2)Nc2cccc3cccc(c23)N1. The van der Waals surface area contributed by atoms with Gasteiger partial charge in [-0.3, -0.25) is 0 Å². The Bertz CT molecular complexity index is 957. The predicted octanol–water partition coefficient (Wildman–Crippen LogP) is 7.01. The van der Waals surface area contributed by atoms with Gasteiger partial charge in [0, 0.05) is 17.0 Å². The van der Waals surface area contributed by atoms with E-state index in [9.17, 15) is 0 Å². The Labute approximate surface area is 158 Å². The summed E-state index contributed by atoms with van der Waals surface area (Å²) in [5.74, 6) is 1.18. The molecule has 3 aromatic rings. The lowest BCUT2D eigenvalue weighted by atomic mass is 10.1. The average molecular weight is 386 g/mol. The van der Waals surface area contributed by atoms with Crippen molar-refractivity contribution in [3.63, 3.8) is 0 Å². The summed E-state index contributed by atoms with van der Waals surface area (Å²) in [6.45, 7) is 5.02. The summed E-state index contributed by atoms with van der Waals surface area (Å²) in [6, 6.07) is 19.9. The van der Waals surface area contributed by atoms with E-state index in [2.05, 4.69) is 60.4 Å². The number of benzene rings is 3. The molecular weight excluding hydrogens is 365 g/mol. The molecule has 0 saturated heterocycles. The molecule has 0 saturated carbocycles. The number of rotatable bonds is 4. The normalized spacial score (nSPS) is 14.6. The number of nitrogens with zero attached hydrogens (tertiary/aromatic N) is 1. The van der Waals surface area contributed by atoms with Gasteiger partial charge in [0.15, 0.2) is 0 Å². The maximum absolute atomic E-state index is 6.40. The fraction of sp³-hybridized carbons (Fsp3) is 0.200. The lowest BCUT2D eigenvalue weighted by Crippen LogP contribution is -2.17. The van der Waals surface area contributed by atoms with Crippen LogP contribution < -0.4 is 14.7 Å². The smallest absolute Gasteiger partial charge is 0.326 e. The van der Waals surface area contributed by atoms with Gasteiger partial charge in [-0.25, -0.2) is 4.74 Å². The fourth-order valence-electron chi connectivity index (χ4n) is 2.95. The van der Waals surface area contributed by atoms with Gasteiger partial charge in [-0.2, -0.15) is 0 Å². The van der Waals surface area contributed by atoms with Crippen LogP contribution in [0.15, 0.2) is 65.4 Å². The van der Waals surface area contributed by atoms with Crippen molar-refractivity contribution in [2.75, 3.05) is 16.7 Å². The zero-order valence-corrected chi connectivity index (χ0v) is 16.4. The van der Waals surface area contributed by atoms with E-state index in [1.165, 1.54) is 10.8 Å². The topological polar surface area (TPSA) is 45.6 Å². The summed E-state index contributed by atoms with van der Waals surface area (Å²) in [4.78, 5) is 0. The highest BCUT2D eigenvalue weighted by Crippen LogP contribution is 2.56. The first-order valence-corrected chi connectivity index (χ1v) is 10.7. The molecule has 0 aliphatic carbocycles. The third kappa shape index (κ3) is 3.40. The van der Waals surface area contributed by atoms with E-state index in [1.807, 2.05) is 24.3 Å². The zero-order chi connectivity index (χ0) is 18.1. The molecule has 0 atom stereocenters. The standard InChI is InChI=1S/C20H21ClN3OP/c1-14(2)13-22-26(25-17-11-9-16(21)10-12-17)23-18-7-3-5-15-6-4-8-19(24-26)20(15)18/h3-12,14,23-24H,13H2,1-2H3. The minimum atomic E-state index is -2.49. The summed E-state index contributed by atoms with van der Waals surface area (Å²) >= 11 is 6.01. The highest BCUT2D eigenvalue weighted by molar-refractivity contribution is 7.65. The third-order valence-electron chi connectivity index (χ3n) is 4.15. The second-order valence-electron chi connectivity index (χ2n) is 6.77. The molecule has 1 aliphatic rings. The highest BCUT2D eigenvalue weighted by Gasteiger charge is 2.29. The molecule has 3 aromatic carbocycles. The molecule has 1 heterocycles. The van der Waals surface area contributed by atoms with E-state index in [-0.39, 0.29) is 0 Å². The highest BCUT2D eigenvalue weighted by atomic mass is 35.5. The molecule has 4 rings (SSSR count). The summed E-state index contributed by atoms with van der Waals surface area (Å²) in [7, 11) is -2.49. The van der Waals surface area contributed by atoms with Gasteiger partial charge in [-0.05, 0) is 47.7 Å². The van der Waals surface area contributed by atoms with Crippen molar-refractivity contribution in [1.29, 1.82) is 0 Å². The molecule has 0 spiro atoms. The molecule has 26 heavy (non-hydrogen) atoms. The lowest BCUT2D eigenvalue weighted by Gasteiger charge is -2.33. The Kier molecular flexibility index (Phi) is 4.56. The van der Waals surface area contributed by atoms with Crippen LogP contribution >= 0.6 is 19.2 Å². The van der Waals surface area contributed by atoms with Gasteiger partial charge in [0.05, 0.1) is 11.4 Å². The largest absolute Gasteiger partial charge is 0.428 e. The van der Waals surface area contributed by atoms with Gasteiger partial charge in [0.2, 0.25) is 0 Å². The van der Waals surface area contributed by atoms with Crippen molar-refractivity contribution in [3.05, 3.63) is 65.7 Å². The molecule has 4 nitrogen and oxygen atoms in total. The number of hydrogen-bond acceptors (Lipinski definition) is 2. The monoisotopic (exact) mass is 385 g/mol. The van der Waals surface area contributed by atoms with Crippen molar-refractivity contribution in [1.82, 2.24) is 0 Å². The van der Waals surface area contributed by atoms with Crippen LogP contribution in [0.1, 0.15) is 13.8 Å². The quantitative estimate of drug-likeness (QED) is 0.474. The minimum absolute atomic E-state index is 0.442. The maximum atomic E-state index is 6.40. The van der Waals surface area contributed by atoms with Crippen LogP contribution in [-0.4, -0.2) is 6.54 Å². The van der Waals surface area contributed by atoms with E-state index in [0.717, 1.165) is 17.1 Å². The molecule has 0 bridgehead atoms. The molecule has 2 N–H and O–H groups in total. The molecule has 0 radical (unpaired) electrons. The van der Waals surface area contributed by atoms with Crippen LogP contribution in [0.5, 0.6) is 5.75 Å². The Morgan fingerprint density at radius 1 is 0.962 bits per heavy atom. The van der Waals surface area contributed by atoms with Gasteiger partial charge in [0.25, 0.3) is 0 Å². The lowest BCUT2D eigenvalue weighted by molar-refractivity contribution is 0.598. The van der Waals surface area contributed by atoms with Gasteiger partial charge in [0.1, 0.15) is 5.75 Å².